The Balaban J connectivity index is 1.09. The van der Waals surface area contributed by atoms with Gasteiger partial charge in [-0.15, -0.1) is 0 Å². The van der Waals surface area contributed by atoms with Crippen LogP contribution in [0.25, 0.3) is 98.8 Å². The molecule has 0 aliphatic rings. The topological polar surface area (TPSA) is 9.86 Å². The molecule has 0 aliphatic carbocycles. The van der Waals surface area contributed by atoms with Crippen LogP contribution in [0.5, 0.6) is 0 Å². The van der Waals surface area contributed by atoms with Crippen LogP contribution in [-0.4, -0.2) is 9.13 Å². The van der Waals surface area contributed by atoms with E-state index >= 15 is 0 Å². The molecule has 0 radical (unpaired) electrons. The molecular formula is C50H32N2. The zero-order chi connectivity index (χ0) is 34.2. The second-order valence-electron chi connectivity index (χ2n) is 13.8. The van der Waals surface area contributed by atoms with Gasteiger partial charge in [-0.05, 0) is 104 Å². The van der Waals surface area contributed by atoms with Crippen LogP contribution in [0.4, 0.5) is 0 Å². The SMILES string of the molecule is c1ccc(-c2ccc3cc(-n4c5ccccc5c5cc6c(cc54)c4ccccc4n6-c4ccc(-c5ccc6ccccc6c5)cc4)ccc3c2)cc1. The number of rotatable bonds is 4. The highest BCUT2D eigenvalue weighted by atomic mass is 15.0. The Kier molecular flexibility index (Phi) is 6.28. The monoisotopic (exact) mass is 660 g/mol. The van der Waals surface area contributed by atoms with Crippen molar-refractivity contribution >= 4 is 65.2 Å². The molecule has 0 bridgehead atoms. The molecule has 9 aromatic carbocycles. The Morgan fingerprint density at radius 3 is 1.35 bits per heavy atom. The maximum Gasteiger partial charge on any atom is 0.0548 e. The van der Waals surface area contributed by atoms with E-state index in [9.17, 15) is 0 Å². The van der Waals surface area contributed by atoms with Gasteiger partial charge in [0.1, 0.15) is 0 Å². The lowest BCUT2D eigenvalue weighted by Gasteiger charge is -2.11. The van der Waals surface area contributed by atoms with E-state index in [4.69, 9.17) is 0 Å². The lowest BCUT2D eigenvalue weighted by atomic mass is 10.0. The molecule has 0 fully saturated rings. The van der Waals surface area contributed by atoms with Crippen molar-refractivity contribution in [3.63, 3.8) is 0 Å². The van der Waals surface area contributed by atoms with Crippen molar-refractivity contribution in [1.29, 1.82) is 0 Å². The average Bonchev–Trinajstić information content (AvgIpc) is 3.72. The van der Waals surface area contributed by atoms with Gasteiger partial charge < -0.3 is 9.13 Å². The van der Waals surface area contributed by atoms with Gasteiger partial charge in [0.2, 0.25) is 0 Å². The normalized spacial score (nSPS) is 11.8. The van der Waals surface area contributed by atoms with E-state index in [0.29, 0.717) is 0 Å². The fraction of sp³-hybridized carbons (Fsp3) is 0. The first-order valence-corrected chi connectivity index (χ1v) is 17.9. The van der Waals surface area contributed by atoms with Gasteiger partial charge in [0.25, 0.3) is 0 Å². The molecule has 0 aliphatic heterocycles. The fourth-order valence-electron chi connectivity index (χ4n) is 8.34. The summed E-state index contributed by atoms with van der Waals surface area (Å²) in [5, 5.41) is 9.99. The van der Waals surface area contributed by atoms with E-state index in [2.05, 4.69) is 203 Å². The summed E-state index contributed by atoms with van der Waals surface area (Å²) in [4.78, 5) is 0. The van der Waals surface area contributed by atoms with E-state index in [0.717, 1.165) is 5.69 Å². The zero-order valence-electron chi connectivity index (χ0n) is 28.4. The minimum atomic E-state index is 1.16. The Morgan fingerprint density at radius 1 is 0.231 bits per heavy atom. The van der Waals surface area contributed by atoms with Crippen LogP contribution < -0.4 is 0 Å². The van der Waals surface area contributed by atoms with Gasteiger partial charge in [-0.3, -0.25) is 0 Å². The molecule has 0 N–H and O–H groups in total. The van der Waals surface area contributed by atoms with Crippen LogP contribution >= 0.6 is 0 Å². The van der Waals surface area contributed by atoms with Crippen LogP contribution in [0.1, 0.15) is 0 Å². The van der Waals surface area contributed by atoms with Crippen molar-refractivity contribution in [3.05, 3.63) is 194 Å². The summed E-state index contributed by atoms with van der Waals surface area (Å²) >= 11 is 0. The molecule has 2 aromatic heterocycles. The zero-order valence-corrected chi connectivity index (χ0v) is 28.4. The Labute approximate surface area is 301 Å². The standard InChI is InChI=1S/C50H32N2/c1-2-10-33(11-3-1)37-20-21-40-30-42(27-24-39(40)29-37)52-48-17-9-7-15-44(48)46-31-49-45(32-50(46)52)43-14-6-8-16-47(43)51(49)41-25-22-35(23-26-41)38-19-18-34-12-4-5-13-36(34)28-38/h1-32H. The molecule has 52 heavy (non-hydrogen) atoms. The van der Waals surface area contributed by atoms with Crippen LogP contribution in [0.3, 0.4) is 0 Å². The van der Waals surface area contributed by atoms with Crippen molar-refractivity contribution in [1.82, 2.24) is 9.13 Å². The molecule has 0 saturated heterocycles. The van der Waals surface area contributed by atoms with Crippen LogP contribution in [0.2, 0.25) is 0 Å². The highest BCUT2D eigenvalue weighted by Crippen LogP contribution is 2.40. The van der Waals surface area contributed by atoms with Gasteiger partial charge in [0, 0.05) is 32.9 Å². The minimum Gasteiger partial charge on any atom is -0.309 e. The average molecular weight is 661 g/mol. The summed E-state index contributed by atoms with van der Waals surface area (Å²) in [6.45, 7) is 0. The van der Waals surface area contributed by atoms with Crippen LogP contribution in [0.15, 0.2) is 194 Å². The lowest BCUT2D eigenvalue weighted by Crippen LogP contribution is -1.95. The van der Waals surface area contributed by atoms with Crippen molar-refractivity contribution in [2.75, 3.05) is 0 Å². The Morgan fingerprint density at radius 2 is 0.673 bits per heavy atom. The van der Waals surface area contributed by atoms with Crippen molar-refractivity contribution in [2.45, 2.75) is 0 Å². The molecule has 11 aromatic rings. The van der Waals surface area contributed by atoms with Gasteiger partial charge in [0.15, 0.2) is 0 Å². The first-order valence-electron chi connectivity index (χ1n) is 17.9. The molecule has 0 saturated carbocycles. The van der Waals surface area contributed by atoms with Gasteiger partial charge >= 0.3 is 0 Å². The van der Waals surface area contributed by atoms with Gasteiger partial charge in [-0.1, -0.05) is 133 Å². The Hall–Kier alpha value is -6.90. The number of hydrogen-bond donors (Lipinski definition) is 0. The van der Waals surface area contributed by atoms with Gasteiger partial charge in [-0.2, -0.15) is 0 Å². The number of aromatic nitrogens is 2. The number of para-hydroxylation sites is 2. The molecule has 2 heteroatoms. The van der Waals surface area contributed by atoms with E-state index in [1.165, 1.54) is 93.1 Å². The molecule has 0 spiro atoms. The van der Waals surface area contributed by atoms with Crippen LogP contribution in [0, 0.1) is 0 Å². The third-order valence-corrected chi connectivity index (χ3v) is 10.9. The fourth-order valence-corrected chi connectivity index (χ4v) is 8.34. The van der Waals surface area contributed by atoms with Crippen molar-refractivity contribution in [2.24, 2.45) is 0 Å². The molecular weight excluding hydrogens is 629 g/mol. The third kappa shape index (κ3) is 4.44. The lowest BCUT2D eigenvalue weighted by molar-refractivity contribution is 1.18. The minimum absolute atomic E-state index is 1.16. The summed E-state index contributed by atoms with van der Waals surface area (Å²) in [6.07, 6.45) is 0. The molecule has 11 rings (SSSR count). The van der Waals surface area contributed by atoms with E-state index in [-0.39, 0.29) is 0 Å². The van der Waals surface area contributed by atoms with Crippen molar-refractivity contribution < 1.29 is 0 Å². The van der Waals surface area contributed by atoms with Crippen LogP contribution in [-0.2, 0) is 0 Å². The molecule has 0 atom stereocenters. The molecule has 2 nitrogen and oxygen atoms in total. The van der Waals surface area contributed by atoms with E-state index in [1.54, 1.807) is 0 Å². The maximum absolute atomic E-state index is 2.44. The maximum atomic E-state index is 2.44. The summed E-state index contributed by atoms with van der Waals surface area (Å²) in [7, 11) is 0. The highest BCUT2D eigenvalue weighted by molar-refractivity contribution is 6.19. The third-order valence-electron chi connectivity index (χ3n) is 10.9. The molecule has 0 unspecified atom stereocenters. The first kappa shape index (κ1) is 28.9. The van der Waals surface area contributed by atoms with Gasteiger partial charge in [0.05, 0.1) is 22.1 Å². The second-order valence-corrected chi connectivity index (χ2v) is 13.8. The second kappa shape index (κ2) is 11.3. The number of fused-ring (bicyclic) bond motifs is 8. The van der Waals surface area contributed by atoms with E-state index in [1.807, 2.05) is 0 Å². The summed E-state index contributed by atoms with van der Waals surface area (Å²) in [6, 6.07) is 71.1. The van der Waals surface area contributed by atoms with Gasteiger partial charge in [-0.25, -0.2) is 0 Å². The van der Waals surface area contributed by atoms with Crippen molar-refractivity contribution in [3.8, 4) is 33.6 Å². The largest absolute Gasteiger partial charge is 0.309 e. The predicted octanol–water partition coefficient (Wildman–Crippen LogP) is 13.5. The summed E-state index contributed by atoms with van der Waals surface area (Å²) in [5.74, 6) is 0. The summed E-state index contributed by atoms with van der Waals surface area (Å²) in [5.41, 5.74) is 12.1. The quantitative estimate of drug-likeness (QED) is 0.178. The first-order chi connectivity index (χ1) is 25.8. The number of benzene rings is 9. The Bertz CT molecular complexity index is 3160. The smallest absolute Gasteiger partial charge is 0.0548 e. The molecule has 242 valence electrons. The summed E-state index contributed by atoms with van der Waals surface area (Å²) < 4.78 is 4.87. The molecule has 0 amide bonds. The number of nitrogens with zero attached hydrogens (tertiary/aromatic N) is 2. The van der Waals surface area contributed by atoms with E-state index < -0.39 is 0 Å². The highest BCUT2D eigenvalue weighted by Gasteiger charge is 2.18. The predicted molar refractivity (Wildman–Crippen MR) is 221 cm³/mol. The number of hydrogen-bond acceptors (Lipinski definition) is 0. The molecule has 2 heterocycles.